The van der Waals surface area contributed by atoms with Crippen LogP contribution in [0.5, 0.6) is 5.75 Å². The fourth-order valence-electron chi connectivity index (χ4n) is 2.57. The number of likely N-dealkylation sites (N-methyl/N-ethyl adjacent to an activating group) is 1. The Labute approximate surface area is 134 Å². The van der Waals surface area contributed by atoms with Gasteiger partial charge < -0.3 is 9.47 Å². The van der Waals surface area contributed by atoms with Gasteiger partial charge in [-0.2, -0.15) is 0 Å². The Bertz CT molecular complexity index is 729. The molecule has 2 atom stereocenters. The first-order chi connectivity index (χ1) is 11.1. The van der Waals surface area contributed by atoms with Crippen LogP contribution in [0.4, 0.5) is 4.79 Å². The van der Waals surface area contributed by atoms with E-state index in [4.69, 9.17) is 9.47 Å². The normalized spacial score (nSPS) is 19.5. The summed E-state index contributed by atoms with van der Waals surface area (Å²) < 4.78 is 10.2. The van der Waals surface area contributed by atoms with Crippen molar-refractivity contribution in [1.82, 2.24) is 4.90 Å². The summed E-state index contributed by atoms with van der Waals surface area (Å²) in [5.74, 6) is 0.0264. The van der Waals surface area contributed by atoms with Gasteiger partial charge in [0.15, 0.2) is 6.04 Å². The zero-order valence-electron chi connectivity index (χ0n) is 12.9. The van der Waals surface area contributed by atoms with Crippen molar-refractivity contribution < 1.29 is 19.1 Å². The molecule has 0 unspecified atom stereocenters. The molecular weight excluding hydrogens is 294 g/mol. The largest absolute Gasteiger partial charge is 0.458 e. The van der Waals surface area contributed by atoms with Crippen LogP contribution in [0.15, 0.2) is 54.6 Å². The first-order valence-electron chi connectivity index (χ1n) is 7.37. The van der Waals surface area contributed by atoms with Crippen molar-refractivity contribution in [2.75, 3.05) is 7.05 Å². The summed E-state index contributed by atoms with van der Waals surface area (Å²) in [5, 5.41) is 0. The number of hydrogen-bond donors (Lipinski definition) is 0. The lowest BCUT2D eigenvalue weighted by atomic mass is 10.1. The molecule has 0 saturated carbocycles. The molecule has 1 aliphatic heterocycles. The highest BCUT2D eigenvalue weighted by Gasteiger charge is 2.44. The van der Waals surface area contributed by atoms with E-state index in [0.717, 1.165) is 11.1 Å². The van der Waals surface area contributed by atoms with Gasteiger partial charge in [0.1, 0.15) is 11.9 Å². The van der Waals surface area contributed by atoms with Gasteiger partial charge in [0.05, 0.1) is 0 Å². The number of carbonyl (C=O) groups excluding carboxylic acids is 2. The molecule has 3 rings (SSSR count). The van der Waals surface area contributed by atoms with Crippen LogP contribution in [0, 0.1) is 0 Å². The van der Waals surface area contributed by atoms with E-state index >= 15 is 0 Å². The van der Waals surface area contributed by atoms with Gasteiger partial charge in [-0.05, 0) is 30.2 Å². The Balaban J connectivity index is 1.73. The number of amides is 1. The van der Waals surface area contributed by atoms with Gasteiger partial charge in [-0.3, -0.25) is 4.90 Å². The SMILES string of the molecule is C[C@@H]1OC(=O)[C@@H]1N(C)C(=O)Oc1cccc(-c2ccccc2)c1. The van der Waals surface area contributed by atoms with E-state index in [0.29, 0.717) is 5.75 Å². The van der Waals surface area contributed by atoms with Crippen LogP contribution >= 0.6 is 0 Å². The van der Waals surface area contributed by atoms with Gasteiger partial charge in [-0.25, -0.2) is 9.59 Å². The van der Waals surface area contributed by atoms with Gasteiger partial charge in [0, 0.05) is 7.05 Å². The summed E-state index contributed by atoms with van der Waals surface area (Å²) in [6.45, 7) is 1.74. The maximum Gasteiger partial charge on any atom is 0.415 e. The van der Waals surface area contributed by atoms with Gasteiger partial charge in [-0.1, -0.05) is 42.5 Å². The second kappa shape index (κ2) is 6.12. The average Bonchev–Trinajstić information content (AvgIpc) is 2.55. The van der Waals surface area contributed by atoms with E-state index < -0.39 is 18.1 Å². The number of hydrogen-bond acceptors (Lipinski definition) is 4. The highest BCUT2D eigenvalue weighted by Crippen LogP contribution is 2.25. The van der Waals surface area contributed by atoms with Crippen molar-refractivity contribution in [3.05, 3.63) is 54.6 Å². The van der Waals surface area contributed by atoms with E-state index in [9.17, 15) is 9.59 Å². The van der Waals surface area contributed by atoms with Crippen molar-refractivity contribution >= 4 is 12.1 Å². The number of esters is 1. The van der Waals surface area contributed by atoms with E-state index in [2.05, 4.69) is 0 Å². The van der Waals surface area contributed by atoms with Crippen LogP contribution in [0.25, 0.3) is 11.1 Å². The number of ether oxygens (including phenoxy) is 2. The Kier molecular flexibility index (Phi) is 4.02. The number of rotatable bonds is 3. The van der Waals surface area contributed by atoms with Crippen molar-refractivity contribution in [3.8, 4) is 16.9 Å². The molecule has 1 heterocycles. The van der Waals surface area contributed by atoms with E-state index in [1.54, 1.807) is 19.1 Å². The Morgan fingerprint density at radius 3 is 2.43 bits per heavy atom. The lowest BCUT2D eigenvalue weighted by Crippen LogP contribution is -2.59. The van der Waals surface area contributed by atoms with Crippen molar-refractivity contribution in [1.29, 1.82) is 0 Å². The van der Waals surface area contributed by atoms with Crippen molar-refractivity contribution in [2.45, 2.75) is 19.1 Å². The first kappa shape index (κ1) is 15.1. The molecule has 0 radical (unpaired) electrons. The maximum atomic E-state index is 12.2. The second-order valence-corrected chi connectivity index (χ2v) is 5.46. The third kappa shape index (κ3) is 3.04. The average molecular weight is 311 g/mol. The molecule has 0 spiro atoms. The quantitative estimate of drug-likeness (QED) is 0.817. The molecule has 2 aromatic rings. The molecule has 5 heteroatoms. The predicted molar refractivity (Wildman–Crippen MR) is 85.0 cm³/mol. The van der Waals surface area contributed by atoms with Gasteiger partial charge in [0.2, 0.25) is 0 Å². The molecule has 0 bridgehead atoms. The van der Waals surface area contributed by atoms with Gasteiger partial charge in [-0.15, -0.1) is 0 Å². The summed E-state index contributed by atoms with van der Waals surface area (Å²) in [4.78, 5) is 24.9. The summed E-state index contributed by atoms with van der Waals surface area (Å²) in [7, 11) is 1.53. The number of carbonyl (C=O) groups is 2. The zero-order chi connectivity index (χ0) is 16.4. The number of nitrogens with zero attached hydrogens (tertiary/aromatic N) is 1. The Morgan fingerprint density at radius 1 is 1.09 bits per heavy atom. The number of benzene rings is 2. The molecule has 1 fully saturated rings. The van der Waals surface area contributed by atoms with Crippen LogP contribution in [0.2, 0.25) is 0 Å². The van der Waals surface area contributed by atoms with Gasteiger partial charge in [0.25, 0.3) is 0 Å². The fourth-order valence-corrected chi connectivity index (χ4v) is 2.57. The molecule has 2 aromatic carbocycles. The Hall–Kier alpha value is -2.82. The van der Waals surface area contributed by atoms with Gasteiger partial charge >= 0.3 is 12.1 Å². The highest BCUT2D eigenvalue weighted by atomic mass is 16.6. The summed E-state index contributed by atoms with van der Waals surface area (Å²) >= 11 is 0. The van der Waals surface area contributed by atoms with Crippen LogP contribution in [0.3, 0.4) is 0 Å². The minimum Gasteiger partial charge on any atom is -0.458 e. The molecule has 0 N–H and O–H groups in total. The van der Waals surface area contributed by atoms with Crippen molar-refractivity contribution in [2.24, 2.45) is 0 Å². The number of cyclic esters (lactones) is 1. The summed E-state index contributed by atoms with van der Waals surface area (Å²) in [5.41, 5.74) is 1.99. The smallest absolute Gasteiger partial charge is 0.415 e. The molecule has 118 valence electrons. The molecule has 0 aliphatic carbocycles. The Morgan fingerprint density at radius 2 is 1.78 bits per heavy atom. The lowest BCUT2D eigenvalue weighted by Gasteiger charge is -2.37. The summed E-state index contributed by atoms with van der Waals surface area (Å²) in [6.07, 6.45) is -0.889. The molecule has 5 nitrogen and oxygen atoms in total. The predicted octanol–water partition coefficient (Wildman–Crippen LogP) is 3.10. The zero-order valence-corrected chi connectivity index (χ0v) is 12.9. The third-order valence-electron chi connectivity index (χ3n) is 3.84. The first-order valence-corrected chi connectivity index (χ1v) is 7.37. The van der Waals surface area contributed by atoms with Crippen LogP contribution in [-0.4, -0.2) is 36.2 Å². The topological polar surface area (TPSA) is 55.8 Å². The minimum atomic E-state index is -0.584. The third-order valence-corrected chi connectivity index (χ3v) is 3.84. The highest BCUT2D eigenvalue weighted by molar-refractivity contribution is 5.86. The molecule has 1 saturated heterocycles. The molecule has 23 heavy (non-hydrogen) atoms. The molecule has 1 amide bonds. The van der Waals surface area contributed by atoms with E-state index in [1.807, 2.05) is 42.5 Å². The van der Waals surface area contributed by atoms with Crippen LogP contribution in [-0.2, 0) is 9.53 Å². The van der Waals surface area contributed by atoms with Crippen molar-refractivity contribution in [3.63, 3.8) is 0 Å². The molecule has 1 aliphatic rings. The minimum absolute atomic E-state index is 0.310. The fraction of sp³-hybridized carbons (Fsp3) is 0.222. The molecule has 0 aromatic heterocycles. The van der Waals surface area contributed by atoms with E-state index in [-0.39, 0.29) is 6.10 Å². The van der Waals surface area contributed by atoms with Crippen LogP contribution < -0.4 is 4.74 Å². The standard InChI is InChI=1S/C18H17NO4/c1-12-16(17(20)22-12)19(2)18(21)23-15-10-6-9-14(11-15)13-7-4-3-5-8-13/h3-12,16H,1-2H3/t12-,16+/m0/s1. The summed E-state index contributed by atoms with van der Waals surface area (Å²) in [6, 6.07) is 16.5. The maximum absolute atomic E-state index is 12.2. The van der Waals surface area contributed by atoms with E-state index in [1.165, 1.54) is 11.9 Å². The monoisotopic (exact) mass is 311 g/mol. The molecular formula is C18H17NO4. The van der Waals surface area contributed by atoms with Crippen LogP contribution in [0.1, 0.15) is 6.92 Å². The lowest BCUT2D eigenvalue weighted by molar-refractivity contribution is -0.181. The second-order valence-electron chi connectivity index (χ2n) is 5.46.